The van der Waals surface area contributed by atoms with Crippen molar-refractivity contribution in [2.75, 3.05) is 0 Å². The van der Waals surface area contributed by atoms with Gasteiger partial charge in [0.2, 0.25) is 9.84 Å². The van der Waals surface area contributed by atoms with Crippen molar-refractivity contribution >= 4 is 32.5 Å². The summed E-state index contributed by atoms with van der Waals surface area (Å²) < 4.78 is 25.0. The third-order valence-electron chi connectivity index (χ3n) is 2.99. The lowest BCUT2D eigenvalue weighted by molar-refractivity contribution is 0.591. The summed E-state index contributed by atoms with van der Waals surface area (Å²) in [4.78, 5) is 8.27. The number of sulfone groups is 1. The molecule has 0 aliphatic heterocycles. The fraction of sp³-hybridized carbons (Fsp3) is 0.0667. The van der Waals surface area contributed by atoms with Crippen LogP contribution in [0.15, 0.2) is 59.6 Å². The summed E-state index contributed by atoms with van der Waals surface area (Å²) in [7, 11) is -3.64. The molecule has 0 amide bonds. The smallest absolute Gasteiger partial charge is 0.202 e. The molecule has 4 nitrogen and oxygen atoms in total. The Morgan fingerprint density at radius 1 is 0.857 bits per heavy atom. The lowest BCUT2D eigenvalue weighted by atomic mass is 10.2. The van der Waals surface area contributed by atoms with E-state index in [1.807, 2.05) is 6.07 Å². The average molecular weight is 319 g/mol. The number of nitrogens with zero attached hydrogens (tertiary/aromatic N) is 2. The van der Waals surface area contributed by atoms with E-state index in [9.17, 15) is 8.42 Å². The Kier molecular flexibility index (Phi) is 3.61. The zero-order chi connectivity index (χ0) is 14.9. The highest BCUT2D eigenvalue weighted by molar-refractivity contribution is 7.90. The van der Waals surface area contributed by atoms with E-state index in [2.05, 4.69) is 9.97 Å². The maximum absolute atomic E-state index is 12.5. The van der Waals surface area contributed by atoms with E-state index < -0.39 is 9.84 Å². The molecule has 0 radical (unpaired) electrons. The van der Waals surface area contributed by atoms with Gasteiger partial charge in [-0.3, -0.25) is 0 Å². The van der Waals surface area contributed by atoms with Gasteiger partial charge in [0.1, 0.15) is 0 Å². The normalized spacial score (nSPS) is 11.7. The van der Waals surface area contributed by atoms with Crippen LogP contribution in [-0.4, -0.2) is 18.4 Å². The largest absolute Gasteiger partial charge is 0.232 e. The summed E-state index contributed by atoms with van der Waals surface area (Å²) in [5, 5.41) is -0.267. The van der Waals surface area contributed by atoms with Gasteiger partial charge < -0.3 is 0 Å². The first-order chi connectivity index (χ1) is 10.1. The fourth-order valence-corrected chi connectivity index (χ4v) is 3.82. The molecule has 0 aliphatic rings. The van der Waals surface area contributed by atoms with Crippen LogP contribution in [-0.2, 0) is 15.6 Å². The number of halogens is 1. The van der Waals surface area contributed by atoms with Crippen LogP contribution in [0.4, 0.5) is 0 Å². The van der Waals surface area contributed by atoms with Crippen LogP contribution < -0.4 is 0 Å². The van der Waals surface area contributed by atoms with Crippen LogP contribution in [0.2, 0.25) is 5.15 Å². The van der Waals surface area contributed by atoms with Crippen LogP contribution in [0.25, 0.3) is 11.0 Å². The number of rotatable bonds is 3. The van der Waals surface area contributed by atoms with Crippen molar-refractivity contribution in [1.29, 1.82) is 0 Å². The zero-order valence-electron chi connectivity index (χ0n) is 10.9. The molecule has 2 aromatic carbocycles. The highest BCUT2D eigenvalue weighted by Gasteiger charge is 2.22. The predicted molar refractivity (Wildman–Crippen MR) is 81.9 cm³/mol. The van der Waals surface area contributed by atoms with E-state index in [4.69, 9.17) is 11.6 Å². The van der Waals surface area contributed by atoms with Gasteiger partial charge in [-0.1, -0.05) is 54.1 Å². The third-order valence-corrected chi connectivity index (χ3v) is 4.96. The minimum absolute atomic E-state index is 0.0929. The van der Waals surface area contributed by atoms with Crippen molar-refractivity contribution in [2.24, 2.45) is 0 Å². The zero-order valence-corrected chi connectivity index (χ0v) is 12.5. The van der Waals surface area contributed by atoms with E-state index >= 15 is 0 Å². The van der Waals surface area contributed by atoms with Crippen LogP contribution in [0.3, 0.4) is 0 Å². The molecule has 21 heavy (non-hydrogen) atoms. The van der Waals surface area contributed by atoms with Gasteiger partial charge in [0.15, 0.2) is 10.2 Å². The molecule has 3 rings (SSSR count). The molecule has 106 valence electrons. The van der Waals surface area contributed by atoms with Gasteiger partial charge in [-0.05, 0) is 17.7 Å². The molecular formula is C15H11ClN2O2S. The van der Waals surface area contributed by atoms with Crippen LogP contribution >= 0.6 is 11.6 Å². The number of benzene rings is 2. The van der Waals surface area contributed by atoms with Crippen molar-refractivity contribution in [3.05, 3.63) is 65.3 Å². The molecule has 0 bridgehead atoms. The maximum Gasteiger partial charge on any atom is 0.202 e. The first-order valence-corrected chi connectivity index (χ1v) is 8.28. The number of hydrogen-bond donors (Lipinski definition) is 0. The van der Waals surface area contributed by atoms with E-state index in [-0.39, 0.29) is 15.9 Å². The van der Waals surface area contributed by atoms with E-state index in [1.165, 1.54) is 0 Å². The van der Waals surface area contributed by atoms with Gasteiger partial charge >= 0.3 is 0 Å². The molecule has 0 unspecified atom stereocenters. The molecule has 3 aromatic rings. The number of hydrogen-bond acceptors (Lipinski definition) is 4. The van der Waals surface area contributed by atoms with Gasteiger partial charge in [-0.2, -0.15) is 0 Å². The van der Waals surface area contributed by atoms with Crippen molar-refractivity contribution in [3.63, 3.8) is 0 Å². The molecule has 1 aromatic heterocycles. The molecule has 0 saturated carbocycles. The lowest BCUT2D eigenvalue weighted by Gasteiger charge is -2.07. The van der Waals surface area contributed by atoms with E-state index in [0.717, 1.165) is 0 Å². The molecular weight excluding hydrogens is 308 g/mol. The Labute approximate surface area is 127 Å². The topological polar surface area (TPSA) is 59.9 Å². The second-order valence-electron chi connectivity index (χ2n) is 4.55. The van der Waals surface area contributed by atoms with Crippen LogP contribution in [0, 0.1) is 0 Å². The Hall–Kier alpha value is -1.98. The van der Waals surface area contributed by atoms with Crippen molar-refractivity contribution in [2.45, 2.75) is 10.8 Å². The van der Waals surface area contributed by atoms with Crippen molar-refractivity contribution in [3.8, 4) is 0 Å². The number of fused-ring (bicyclic) bond motifs is 1. The molecule has 0 fully saturated rings. The molecule has 6 heteroatoms. The standard InChI is InChI=1S/C15H11ClN2O2S/c16-14-15(18-13-9-5-4-8-12(13)17-14)21(19,20)10-11-6-2-1-3-7-11/h1-9H,10H2. The molecule has 0 saturated heterocycles. The minimum atomic E-state index is -3.64. The quantitative estimate of drug-likeness (QED) is 0.743. The molecule has 0 atom stereocenters. The van der Waals surface area contributed by atoms with Crippen molar-refractivity contribution in [1.82, 2.24) is 9.97 Å². The van der Waals surface area contributed by atoms with Gasteiger partial charge in [-0.25, -0.2) is 18.4 Å². The summed E-state index contributed by atoms with van der Waals surface area (Å²) in [6, 6.07) is 15.9. The second-order valence-corrected chi connectivity index (χ2v) is 6.82. The Bertz CT molecular complexity index is 896. The summed E-state index contributed by atoms with van der Waals surface area (Å²) in [5.74, 6) is -0.152. The molecule has 0 N–H and O–H groups in total. The highest BCUT2D eigenvalue weighted by atomic mass is 35.5. The third kappa shape index (κ3) is 2.89. The first-order valence-electron chi connectivity index (χ1n) is 6.25. The summed E-state index contributed by atoms with van der Waals surface area (Å²) in [6.45, 7) is 0. The average Bonchev–Trinajstić information content (AvgIpc) is 2.47. The summed E-state index contributed by atoms with van der Waals surface area (Å²) in [6.07, 6.45) is 0. The Morgan fingerprint density at radius 2 is 1.43 bits per heavy atom. The SMILES string of the molecule is O=S(=O)(Cc1ccccc1)c1nc2ccccc2nc1Cl. The molecule has 1 heterocycles. The lowest BCUT2D eigenvalue weighted by Crippen LogP contribution is -2.09. The predicted octanol–water partition coefficient (Wildman–Crippen LogP) is 3.26. The summed E-state index contributed by atoms with van der Waals surface area (Å²) >= 11 is 6.00. The number of aromatic nitrogens is 2. The van der Waals surface area contributed by atoms with E-state index in [0.29, 0.717) is 16.6 Å². The second kappa shape index (κ2) is 5.42. The summed E-state index contributed by atoms with van der Waals surface area (Å²) in [5.41, 5.74) is 1.76. The van der Waals surface area contributed by atoms with Gasteiger partial charge in [0.25, 0.3) is 0 Å². The minimum Gasteiger partial charge on any atom is -0.232 e. The van der Waals surface area contributed by atoms with Gasteiger partial charge in [-0.15, -0.1) is 0 Å². The van der Waals surface area contributed by atoms with Gasteiger partial charge in [0.05, 0.1) is 16.8 Å². The Balaban J connectivity index is 2.08. The van der Waals surface area contributed by atoms with Crippen LogP contribution in [0.5, 0.6) is 0 Å². The van der Waals surface area contributed by atoms with Crippen LogP contribution in [0.1, 0.15) is 5.56 Å². The monoisotopic (exact) mass is 318 g/mol. The maximum atomic E-state index is 12.5. The van der Waals surface area contributed by atoms with Crippen molar-refractivity contribution < 1.29 is 8.42 Å². The number of para-hydroxylation sites is 2. The molecule has 0 spiro atoms. The highest BCUT2D eigenvalue weighted by Crippen LogP contribution is 2.24. The molecule has 0 aliphatic carbocycles. The van der Waals surface area contributed by atoms with E-state index in [1.54, 1.807) is 48.5 Å². The fourth-order valence-electron chi connectivity index (χ4n) is 2.02. The van der Waals surface area contributed by atoms with Gasteiger partial charge in [0, 0.05) is 0 Å². The Morgan fingerprint density at radius 3 is 2.10 bits per heavy atom. The first kappa shape index (κ1) is 14.0.